The number of carbonyl (C=O) groups excluding carboxylic acids is 2. The van der Waals surface area contributed by atoms with Gasteiger partial charge in [0, 0.05) is 31.8 Å². The number of carbonyl (C=O) groups is 2. The summed E-state index contributed by atoms with van der Waals surface area (Å²) in [6.07, 6.45) is -3.93. The molecule has 0 radical (unpaired) electrons. The van der Waals surface area contributed by atoms with Crippen LogP contribution in [0.25, 0.3) is 0 Å². The minimum Gasteiger partial charge on any atom is -0.450 e. The van der Waals surface area contributed by atoms with Crippen LogP contribution in [0.15, 0.2) is 46.6 Å². The topological polar surface area (TPSA) is 73.9 Å². The van der Waals surface area contributed by atoms with Crippen molar-refractivity contribution in [3.63, 3.8) is 0 Å². The summed E-state index contributed by atoms with van der Waals surface area (Å²) < 4.78 is 81.5. The van der Waals surface area contributed by atoms with E-state index in [-0.39, 0.29) is 28.0 Å². The van der Waals surface area contributed by atoms with Crippen LogP contribution in [0.1, 0.15) is 19.4 Å². The molecule has 6 nitrogen and oxygen atoms in total. The van der Waals surface area contributed by atoms with Crippen LogP contribution in [0.3, 0.4) is 0 Å². The number of hydrogen-bond acceptors (Lipinski definition) is 6. The SMILES string of the molecule is CC1(C)OC(=O)C(=CNc2ccc(Br)c(Oc3c(F)cc(C(F)(F)F)cc3F)c2)C(=O)O1. The van der Waals surface area contributed by atoms with Crippen LogP contribution >= 0.6 is 15.9 Å². The Morgan fingerprint density at radius 1 is 1.03 bits per heavy atom. The maximum Gasteiger partial charge on any atom is 0.416 e. The summed E-state index contributed by atoms with van der Waals surface area (Å²) in [7, 11) is 0. The van der Waals surface area contributed by atoms with Crippen LogP contribution < -0.4 is 10.1 Å². The number of hydrogen-bond donors (Lipinski definition) is 1. The maximum absolute atomic E-state index is 14.1. The van der Waals surface area contributed by atoms with E-state index in [4.69, 9.17) is 14.2 Å². The molecule has 2 aromatic carbocycles. The van der Waals surface area contributed by atoms with Crippen LogP contribution in [0.4, 0.5) is 27.6 Å². The number of halogens is 6. The van der Waals surface area contributed by atoms with Crippen molar-refractivity contribution in [2.24, 2.45) is 0 Å². The van der Waals surface area contributed by atoms with Crippen molar-refractivity contribution in [3.8, 4) is 11.5 Å². The summed E-state index contributed by atoms with van der Waals surface area (Å²) in [4.78, 5) is 23.9. The molecule has 0 atom stereocenters. The van der Waals surface area contributed by atoms with Crippen LogP contribution in [-0.4, -0.2) is 17.7 Å². The Hall–Kier alpha value is -3.15. The van der Waals surface area contributed by atoms with Crippen molar-refractivity contribution >= 4 is 33.6 Å². The zero-order valence-corrected chi connectivity index (χ0v) is 17.9. The van der Waals surface area contributed by atoms with Crippen molar-refractivity contribution in [1.29, 1.82) is 0 Å². The van der Waals surface area contributed by atoms with Gasteiger partial charge in [-0.25, -0.2) is 18.4 Å². The first-order valence-corrected chi connectivity index (χ1v) is 9.53. The summed E-state index contributed by atoms with van der Waals surface area (Å²) in [6, 6.07) is 4.30. The largest absolute Gasteiger partial charge is 0.450 e. The number of cyclic esters (lactones) is 2. The van der Waals surface area contributed by atoms with E-state index >= 15 is 0 Å². The van der Waals surface area contributed by atoms with E-state index in [1.54, 1.807) is 0 Å². The Labute approximate surface area is 186 Å². The molecule has 1 saturated heterocycles. The number of ether oxygens (including phenoxy) is 3. The summed E-state index contributed by atoms with van der Waals surface area (Å²) in [5, 5.41) is 2.61. The van der Waals surface area contributed by atoms with Crippen LogP contribution in [-0.2, 0) is 25.2 Å². The normalized spacial score (nSPS) is 15.7. The fourth-order valence-corrected chi connectivity index (χ4v) is 2.86. The van der Waals surface area contributed by atoms with Crippen LogP contribution in [0.2, 0.25) is 0 Å². The van der Waals surface area contributed by atoms with Crippen molar-refractivity contribution in [3.05, 3.63) is 63.8 Å². The van der Waals surface area contributed by atoms with Gasteiger partial charge in [0.05, 0.1) is 10.0 Å². The van der Waals surface area contributed by atoms with E-state index in [0.717, 1.165) is 6.20 Å². The van der Waals surface area contributed by atoms with Crippen LogP contribution in [0, 0.1) is 11.6 Å². The highest BCUT2D eigenvalue weighted by Gasteiger charge is 2.39. The van der Waals surface area contributed by atoms with Gasteiger partial charge in [0.25, 0.3) is 5.79 Å². The lowest BCUT2D eigenvalue weighted by Crippen LogP contribution is -2.42. The average molecular weight is 522 g/mol. The van der Waals surface area contributed by atoms with Crippen molar-refractivity contribution in [2.45, 2.75) is 25.8 Å². The third-order valence-corrected chi connectivity index (χ3v) is 4.62. The molecule has 1 aliphatic rings. The van der Waals surface area contributed by atoms with E-state index < -0.39 is 52.4 Å². The molecule has 32 heavy (non-hydrogen) atoms. The lowest BCUT2D eigenvalue weighted by atomic mass is 10.2. The zero-order chi connectivity index (χ0) is 23.8. The highest BCUT2D eigenvalue weighted by molar-refractivity contribution is 9.10. The molecule has 0 bridgehead atoms. The van der Waals surface area contributed by atoms with Gasteiger partial charge in [0.1, 0.15) is 5.75 Å². The number of benzene rings is 2. The van der Waals surface area contributed by atoms with E-state index in [2.05, 4.69) is 21.2 Å². The Bertz CT molecular complexity index is 1080. The molecule has 1 heterocycles. The third kappa shape index (κ3) is 5.18. The molecule has 0 unspecified atom stereocenters. The second-order valence-electron chi connectivity index (χ2n) is 6.90. The van der Waals surface area contributed by atoms with E-state index in [1.807, 2.05) is 0 Å². The van der Waals surface area contributed by atoms with E-state index in [1.165, 1.54) is 32.0 Å². The number of rotatable bonds is 4. The fourth-order valence-electron chi connectivity index (χ4n) is 2.54. The summed E-state index contributed by atoms with van der Waals surface area (Å²) in [6.45, 7) is 2.76. The first kappa shape index (κ1) is 23.5. The minimum atomic E-state index is -4.94. The summed E-state index contributed by atoms with van der Waals surface area (Å²) in [5.41, 5.74) is -1.74. The quantitative estimate of drug-likeness (QED) is 0.242. The molecular weight excluding hydrogens is 509 g/mol. The standard InChI is InChI=1S/C20H13BrF5NO5/c1-19(2)31-17(28)11(18(29)32-19)8-27-10-3-4-12(21)15(7-10)30-16-13(22)5-9(6-14(16)23)20(24,25)26/h3-8,27H,1-2H3. The lowest BCUT2D eigenvalue weighted by Gasteiger charge is -2.29. The predicted octanol–water partition coefficient (Wildman–Crippen LogP) is 5.67. The Morgan fingerprint density at radius 2 is 1.59 bits per heavy atom. The first-order chi connectivity index (χ1) is 14.8. The summed E-state index contributed by atoms with van der Waals surface area (Å²) >= 11 is 3.10. The van der Waals surface area contributed by atoms with Gasteiger partial charge >= 0.3 is 18.1 Å². The lowest BCUT2D eigenvalue weighted by molar-refractivity contribution is -0.222. The monoisotopic (exact) mass is 521 g/mol. The smallest absolute Gasteiger partial charge is 0.416 e. The van der Waals surface area contributed by atoms with Gasteiger partial charge in [-0.15, -0.1) is 0 Å². The Kier molecular flexibility index (Phi) is 6.18. The fraction of sp³-hybridized carbons (Fsp3) is 0.200. The van der Waals surface area contributed by atoms with E-state index in [0.29, 0.717) is 0 Å². The van der Waals surface area contributed by atoms with Gasteiger partial charge in [0.2, 0.25) is 0 Å². The number of esters is 2. The van der Waals surface area contributed by atoms with Gasteiger partial charge in [-0.1, -0.05) is 0 Å². The van der Waals surface area contributed by atoms with Crippen LogP contribution in [0.5, 0.6) is 11.5 Å². The Balaban J connectivity index is 1.85. The predicted molar refractivity (Wildman–Crippen MR) is 104 cm³/mol. The number of anilines is 1. The molecule has 2 aromatic rings. The summed E-state index contributed by atoms with van der Waals surface area (Å²) in [5.74, 6) is -7.60. The van der Waals surface area contributed by atoms with Crippen molar-refractivity contribution in [1.82, 2.24) is 0 Å². The molecule has 0 spiro atoms. The molecule has 170 valence electrons. The van der Waals surface area contributed by atoms with Crippen molar-refractivity contribution in [2.75, 3.05) is 5.32 Å². The minimum absolute atomic E-state index is 0.112. The molecule has 3 rings (SSSR count). The van der Waals surface area contributed by atoms with Gasteiger partial charge < -0.3 is 19.5 Å². The van der Waals surface area contributed by atoms with Crippen molar-refractivity contribution < 1.29 is 45.8 Å². The first-order valence-electron chi connectivity index (χ1n) is 8.74. The molecule has 1 aliphatic heterocycles. The second kappa shape index (κ2) is 8.41. The molecule has 0 saturated carbocycles. The van der Waals surface area contributed by atoms with Gasteiger partial charge in [-0.2, -0.15) is 13.2 Å². The molecule has 0 aromatic heterocycles. The van der Waals surface area contributed by atoms with E-state index in [9.17, 15) is 31.5 Å². The highest BCUT2D eigenvalue weighted by atomic mass is 79.9. The molecular formula is C20H13BrF5NO5. The van der Waals surface area contributed by atoms with Gasteiger partial charge in [-0.05, 0) is 40.2 Å². The third-order valence-electron chi connectivity index (χ3n) is 3.97. The number of nitrogens with one attached hydrogen (secondary N) is 1. The number of alkyl halides is 3. The molecule has 1 fully saturated rings. The Morgan fingerprint density at radius 3 is 2.12 bits per heavy atom. The maximum atomic E-state index is 14.1. The second-order valence-corrected chi connectivity index (χ2v) is 7.75. The molecule has 1 N–H and O–H groups in total. The highest BCUT2D eigenvalue weighted by Crippen LogP contribution is 2.38. The molecule has 0 amide bonds. The van der Waals surface area contributed by atoms with Gasteiger partial charge in [0.15, 0.2) is 23.0 Å². The zero-order valence-electron chi connectivity index (χ0n) is 16.3. The molecule has 12 heteroatoms. The molecule has 0 aliphatic carbocycles. The van der Waals surface area contributed by atoms with Gasteiger partial charge in [-0.3, -0.25) is 0 Å². The average Bonchev–Trinajstić information content (AvgIpc) is 2.64.